The Balaban J connectivity index is 2.01. The number of alkyl halides is 3. The Hall–Kier alpha value is -0.900. The highest BCUT2D eigenvalue weighted by Gasteiger charge is 2.32. The minimum Gasteiger partial charge on any atom is -0.295 e. The minimum absolute atomic E-state index is 0.0413. The summed E-state index contributed by atoms with van der Waals surface area (Å²) in [7, 11) is -3.21. The van der Waals surface area contributed by atoms with E-state index in [0.29, 0.717) is 31.9 Å². The number of hydrogen-bond donors (Lipinski definition) is 0. The van der Waals surface area contributed by atoms with Gasteiger partial charge < -0.3 is 0 Å². The largest absolute Gasteiger partial charge is 0.417 e. The molecule has 1 saturated heterocycles. The Bertz CT molecular complexity index is 644. The highest BCUT2D eigenvalue weighted by atomic mass is 35.5. The first-order valence-electron chi connectivity index (χ1n) is 6.46. The zero-order valence-electron chi connectivity index (χ0n) is 11.8. The van der Waals surface area contributed by atoms with Gasteiger partial charge in [-0.25, -0.2) is 8.42 Å². The lowest BCUT2D eigenvalue weighted by Crippen LogP contribution is -2.47. The highest BCUT2D eigenvalue weighted by Crippen LogP contribution is 2.31. The summed E-state index contributed by atoms with van der Waals surface area (Å²) in [4.78, 5) is 5.69. The SMILES string of the molecule is CS(=O)(=O)N1CCN(Cc2ncc(C(F)(F)F)cc2Cl)CC1. The maximum absolute atomic E-state index is 12.5. The van der Waals surface area contributed by atoms with Crippen LogP contribution in [0.15, 0.2) is 12.3 Å². The van der Waals surface area contributed by atoms with Crippen molar-refractivity contribution in [3.8, 4) is 0 Å². The molecule has 0 aliphatic carbocycles. The molecular weight excluding hydrogens is 343 g/mol. The second-order valence-electron chi connectivity index (χ2n) is 5.09. The van der Waals surface area contributed by atoms with Crippen molar-refractivity contribution in [2.24, 2.45) is 0 Å². The molecule has 1 aliphatic rings. The number of halogens is 4. The molecule has 5 nitrogen and oxygen atoms in total. The molecule has 0 N–H and O–H groups in total. The van der Waals surface area contributed by atoms with Gasteiger partial charge in [0.05, 0.1) is 22.5 Å². The van der Waals surface area contributed by atoms with Crippen LogP contribution in [0.2, 0.25) is 5.02 Å². The molecule has 1 fully saturated rings. The maximum Gasteiger partial charge on any atom is 0.417 e. The fourth-order valence-electron chi connectivity index (χ4n) is 2.17. The normalized spacial score (nSPS) is 18.6. The Kier molecular flexibility index (Phi) is 5.00. The van der Waals surface area contributed by atoms with Crippen molar-refractivity contribution < 1.29 is 21.6 Å². The van der Waals surface area contributed by atoms with E-state index >= 15 is 0 Å². The predicted molar refractivity (Wildman–Crippen MR) is 75.9 cm³/mol. The average molecular weight is 358 g/mol. The van der Waals surface area contributed by atoms with Crippen LogP contribution in [0.4, 0.5) is 13.2 Å². The van der Waals surface area contributed by atoms with Crippen LogP contribution in [-0.2, 0) is 22.7 Å². The fraction of sp³-hybridized carbons (Fsp3) is 0.583. The summed E-state index contributed by atoms with van der Waals surface area (Å²) < 4.78 is 61.8. The van der Waals surface area contributed by atoms with E-state index in [1.165, 1.54) is 4.31 Å². The number of pyridine rings is 1. The lowest BCUT2D eigenvalue weighted by atomic mass is 10.2. The van der Waals surface area contributed by atoms with Crippen molar-refractivity contribution in [2.75, 3.05) is 32.4 Å². The van der Waals surface area contributed by atoms with Crippen LogP contribution in [-0.4, -0.2) is 55.0 Å². The van der Waals surface area contributed by atoms with Gasteiger partial charge in [-0.05, 0) is 6.07 Å². The summed E-state index contributed by atoms with van der Waals surface area (Å²) in [5, 5.41) is -0.0413. The summed E-state index contributed by atoms with van der Waals surface area (Å²) in [5.74, 6) is 0. The van der Waals surface area contributed by atoms with Gasteiger partial charge in [0.1, 0.15) is 0 Å². The van der Waals surface area contributed by atoms with Crippen molar-refractivity contribution in [1.29, 1.82) is 0 Å². The smallest absolute Gasteiger partial charge is 0.295 e. The van der Waals surface area contributed by atoms with Crippen molar-refractivity contribution in [3.05, 3.63) is 28.5 Å². The third-order valence-corrected chi connectivity index (χ3v) is 5.05. The van der Waals surface area contributed by atoms with Gasteiger partial charge in [0.15, 0.2) is 0 Å². The molecule has 2 rings (SSSR count). The van der Waals surface area contributed by atoms with Gasteiger partial charge in [-0.15, -0.1) is 0 Å². The molecule has 0 spiro atoms. The van der Waals surface area contributed by atoms with E-state index in [4.69, 9.17) is 11.6 Å². The maximum atomic E-state index is 12.5. The third kappa shape index (κ3) is 4.31. The Labute approximate surface area is 131 Å². The summed E-state index contributed by atoms with van der Waals surface area (Å²) >= 11 is 5.86. The predicted octanol–water partition coefficient (Wildman–Crippen LogP) is 1.83. The lowest BCUT2D eigenvalue weighted by molar-refractivity contribution is -0.137. The zero-order valence-corrected chi connectivity index (χ0v) is 13.3. The fourth-order valence-corrected chi connectivity index (χ4v) is 3.22. The van der Waals surface area contributed by atoms with Gasteiger partial charge in [-0.3, -0.25) is 9.88 Å². The highest BCUT2D eigenvalue weighted by molar-refractivity contribution is 7.88. The minimum atomic E-state index is -4.48. The van der Waals surface area contributed by atoms with Crippen LogP contribution < -0.4 is 0 Å². The number of aromatic nitrogens is 1. The van der Waals surface area contributed by atoms with Crippen molar-refractivity contribution >= 4 is 21.6 Å². The van der Waals surface area contributed by atoms with Crippen LogP contribution in [0.1, 0.15) is 11.3 Å². The van der Waals surface area contributed by atoms with Crippen LogP contribution in [0, 0.1) is 0 Å². The summed E-state index contributed by atoms with van der Waals surface area (Å²) in [6.45, 7) is 1.93. The molecule has 0 saturated carbocycles. The first-order chi connectivity index (χ1) is 10.1. The Morgan fingerprint density at radius 2 is 1.86 bits per heavy atom. The van der Waals surface area contributed by atoms with Crippen LogP contribution in [0.3, 0.4) is 0 Å². The molecule has 0 amide bonds. The molecule has 10 heteroatoms. The molecular formula is C12H15ClF3N3O2S. The molecule has 124 valence electrons. The number of hydrogen-bond acceptors (Lipinski definition) is 4. The third-order valence-electron chi connectivity index (χ3n) is 3.42. The van der Waals surface area contributed by atoms with E-state index in [2.05, 4.69) is 4.98 Å². The first-order valence-corrected chi connectivity index (χ1v) is 8.69. The lowest BCUT2D eigenvalue weighted by Gasteiger charge is -2.33. The molecule has 0 bridgehead atoms. The Morgan fingerprint density at radius 3 is 2.32 bits per heavy atom. The van der Waals surface area contributed by atoms with Crippen LogP contribution in [0.5, 0.6) is 0 Å². The molecule has 1 aromatic rings. The molecule has 2 heterocycles. The number of piperazine rings is 1. The second kappa shape index (κ2) is 6.31. The van der Waals surface area contributed by atoms with Crippen molar-refractivity contribution in [2.45, 2.75) is 12.7 Å². The van der Waals surface area contributed by atoms with Crippen molar-refractivity contribution in [3.63, 3.8) is 0 Å². The number of rotatable bonds is 3. The Morgan fingerprint density at radius 1 is 1.27 bits per heavy atom. The van der Waals surface area contributed by atoms with Crippen LogP contribution in [0.25, 0.3) is 0 Å². The standard InChI is InChI=1S/C12H15ClF3N3O2S/c1-22(20,21)19-4-2-18(3-5-19)8-11-10(13)6-9(7-17-11)12(14,15)16/h6-7H,2-5,8H2,1H3. The van der Waals surface area contributed by atoms with E-state index in [9.17, 15) is 21.6 Å². The van der Waals surface area contributed by atoms with Gasteiger partial charge >= 0.3 is 6.18 Å². The van der Waals surface area contributed by atoms with Crippen LogP contribution >= 0.6 is 11.6 Å². The van der Waals surface area contributed by atoms with E-state index in [-0.39, 0.29) is 11.6 Å². The molecule has 0 radical (unpaired) electrons. The summed E-state index contributed by atoms with van der Waals surface area (Å²) in [6.07, 6.45) is -2.57. The van der Waals surface area contributed by atoms with Gasteiger partial charge in [-0.1, -0.05) is 11.6 Å². The monoisotopic (exact) mass is 357 g/mol. The number of nitrogens with zero attached hydrogens (tertiary/aromatic N) is 3. The van der Waals surface area contributed by atoms with E-state index in [1.807, 2.05) is 4.90 Å². The summed E-state index contributed by atoms with van der Waals surface area (Å²) in [6, 6.07) is 0.858. The van der Waals surface area contributed by atoms with Crippen molar-refractivity contribution in [1.82, 2.24) is 14.2 Å². The molecule has 0 aromatic carbocycles. The molecule has 1 aliphatic heterocycles. The topological polar surface area (TPSA) is 53.5 Å². The van der Waals surface area contributed by atoms with E-state index in [1.54, 1.807) is 0 Å². The summed E-state index contributed by atoms with van der Waals surface area (Å²) in [5.41, 5.74) is -0.536. The zero-order chi connectivity index (χ0) is 16.5. The first kappa shape index (κ1) is 17.5. The molecule has 0 unspecified atom stereocenters. The van der Waals surface area contributed by atoms with Gasteiger partial charge in [0.2, 0.25) is 10.0 Å². The van der Waals surface area contributed by atoms with Gasteiger partial charge in [0, 0.05) is 38.9 Å². The molecule has 1 aromatic heterocycles. The van der Waals surface area contributed by atoms with E-state index in [0.717, 1.165) is 18.5 Å². The van der Waals surface area contributed by atoms with Gasteiger partial charge in [-0.2, -0.15) is 17.5 Å². The van der Waals surface area contributed by atoms with E-state index < -0.39 is 21.8 Å². The quantitative estimate of drug-likeness (QED) is 0.828. The molecule has 22 heavy (non-hydrogen) atoms. The second-order valence-corrected chi connectivity index (χ2v) is 7.48. The van der Waals surface area contributed by atoms with Gasteiger partial charge in [0.25, 0.3) is 0 Å². The molecule has 0 atom stereocenters. The average Bonchev–Trinajstić information content (AvgIpc) is 2.39. The number of sulfonamides is 1.